The van der Waals surface area contributed by atoms with Gasteiger partial charge in [-0.3, -0.25) is 9.59 Å². The van der Waals surface area contributed by atoms with E-state index >= 15 is 0 Å². The summed E-state index contributed by atoms with van der Waals surface area (Å²) in [6.45, 7) is 6.43. The van der Waals surface area contributed by atoms with Crippen molar-refractivity contribution < 1.29 is 14.7 Å². The van der Waals surface area contributed by atoms with Crippen molar-refractivity contribution in [2.45, 2.75) is 26.4 Å². The van der Waals surface area contributed by atoms with Gasteiger partial charge in [0, 0.05) is 5.02 Å². The van der Waals surface area contributed by atoms with E-state index in [0.717, 1.165) is 0 Å². The standard InChI is InChI=1S/C15H17ClO3/c1-9(10(2)17)8-14(11(3)18)15(19)12-4-6-13(16)7-5-12/h4-7,14-15,19H,1,8H2,2-3H3. The monoisotopic (exact) mass is 280 g/mol. The number of carbonyl (C=O) groups excluding carboxylic acids is 2. The molecule has 2 unspecified atom stereocenters. The van der Waals surface area contributed by atoms with Gasteiger partial charge in [-0.15, -0.1) is 0 Å². The number of ketones is 2. The molecular weight excluding hydrogens is 264 g/mol. The summed E-state index contributed by atoms with van der Waals surface area (Å²) in [6.07, 6.45) is -0.806. The summed E-state index contributed by atoms with van der Waals surface area (Å²) in [6, 6.07) is 6.63. The molecule has 102 valence electrons. The molecule has 3 nitrogen and oxygen atoms in total. The Morgan fingerprint density at radius 2 is 1.79 bits per heavy atom. The Morgan fingerprint density at radius 3 is 2.21 bits per heavy atom. The van der Waals surface area contributed by atoms with Gasteiger partial charge in [0.1, 0.15) is 5.78 Å². The Morgan fingerprint density at radius 1 is 1.26 bits per heavy atom. The minimum atomic E-state index is -0.967. The van der Waals surface area contributed by atoms with Crippen LogP contribution in [0.2, 0.25) is 5.02 Å². The molecule has 0 bridgehead atoms. The first-order chi connectivity index (χ1) is 8.82. The molecule has 1 rings (SSSR count). The van der Waals surface area contributed by atoms with E-state index in [4.69, 9.17) is 11.6 Å². The minimum absolute atomic E-state index is 0.161. The molecule has 0 aliphatic heterocycles. The molecule has 0 saturated carbocycles. The van der Waals surface area contributed by atoms with E-state index in [-0.39, 0.29) is 18.0 Å². The second kappa shape index (κ2) is 6.64. The lowest BCUT2D eigenvalue weighted by Crippen LogP contribution is -2.22. The molecule has 2 atom stereocenters. The molecule has 0 fully saturated rings. The van der Waals surface area contributed by atoms with Crippen LogP contribution in [0.1, 0.15) is 31.9 Å². The zero-order valence-corrected chi connectivity index (χ0v) is 11.8. The lowest BCUT2D eigenvalue weighted by molar-refractivity contribution is -0.124. The van der Waals surface area contributed by atoms with Crippen molar-refractivity contribution in [3.8, 4) is 0 Å². The summed E-state index contributed by atoms with van der Waals surface area (Å²) in [5, 5.41) is 10.8. The van der Waals surface area contributed by atoms with Crippen molar-refractivity contribution in [2.24, 2.45) is 5.92 Å². The number of benzene rings is 1. The second-order valence-electron chi connectivity index (χ2n) is 4.58. The Labute approximate surface area is 117 Å². The third-order valence-electron chi connectivity index (χ3n) is 3.08. The number of hydrogen-bond donors (Lipinski definition) is 1. The van der Waals surface area contributed by atoms with E-state index in [1.807, 2.05) is 0 Å². The Kier molecular flexibility index (Phi) is 5.45. The molecule has 0 aromatic heterocycles. The van der Waals surface area contributed by atoms with E-state index in [1.165, 1.54) is 13.8 Å². The summed E-state index contributed by atoms with van der Waals surface area (Å²) in [7, 11) is 0. The fourth-order valence-electron chi connectivity index (χ4n) is 1.78. The molecule has 0 radical (unpaired) electrons. The maximum Gasteiger partial charge on any atom is 0.155 e. The number of allylic oxidation sites excluding steroid dienone is 1. The van der Waals surface area contributed by atoms with Crippen LogP contribution in [-0.2, 0) is 9.59 Å². The van der Waals surface area contributed by atoms with Gasteiger partial charge in [0.2, 0.25) is 0 Å². The van der Waals surface area contributed by atoms with Gasteiger partial charge in [-0.1, -0.05) is 30.3 Å². The molecule has 0 aliphatic carbocycles. The highest BCUT2D eigenvalue weighted by Crippen LogP contribution is 2.28. The lowest BCUT2D eigenvalue weighted by atomic mass is 9.86. The fraction of sp³-hybridized carbons (Fsp3) is 0.333. The maximum atomic E-state index is 11.6. The van der Waals surface area contributed by atoms with Crippen LogP contribution in [0, 0.1) is 5.92 Å². The molecule has 1 aromatic carbocycles. The van der Waals surface area contributed by atoms with E-state index in [1.54, 1.807) is 24.3 Å². The molecule has 1 aromatic rings. The number of aliphatic hydroxyl groups is 1. The van der Waals surface area contributed by atoms with Crippen LogP contribution in [-0.4, -0.2) is 16.7 Å². The van der Waals surface area contributed by atoms with Crippen LogP contribution in [0.4, 0.5) is 0 Å². The molecule has 19 heavy (non-hydrogen) atoms. The van der Waals surface area contributed by atoms with Crippen molar-refractivity contribution in [3.05, 3.63) is 47.0 Å². The van der Waals surface area contributed by atoms with Crippen LogP contribution in [0.15, 0.2) is 36.4 Å². The third-order valence-corrected chi connectivity index (χ3v) is 3.33. The SMILES string of the molecule is C=C(CC(C(C)=O)C(O)c1ccc(Cl)cc1)C(C)=O. The highest BCUT2D eigenvalue weighted by Gasteiger charge is 2.26. The Hall–Kier alpha value is -1.45. The number of aliphatic hydroxyl groups excluding tert-OH is 1. The average Bonchev–Trinajstić information content (AvgIpc) is 2.35. The molecule has 0 amide bonds. The van der Waals surface area contributed by atoms with Gasteiger partial charge in [-0.2, -0.15) is 0 Å². The van der Waals surface area contributed by atoms with E-state index < -0.39 is 12.0 Å². The number of Topliss-reactive ketones (excluding diaryl/α,β-unsaturated/α-hetero) is 2. The molecule has 0 saturated heterocycles. The first-order valence-electron chi connectivity index (χ1n) is 5.95. The smallest absolute Gasteiger partial charge is 0.155 e. The van der Waals surface area contributed by atoms with Gasteiger partial charge in [0.15, 0.2) is 5.78 Å². The van der Waals surface area contributed by atoms with Gasteiger partial charge >= 0.3 is 0 Å². The Balaban J connectivity index is 2.93. The predicted octanol–water partition coefficient (Wildman–Crippen LogP) is 3.11. The van der Waals surface area contributed by atoms with Crippen LogP contribution in [0.5, 0.6) is 0 Å². The van der Waals surface area contributed by atoms with Gasteiger partial charge < -0.3 is 5.11 Å². The summed E-state index contributed by atoms with van der Waals surface area (Å²) in [5.41, 5.74) is 0.939. The fourth-order valence-corrected chi connectivity index (χ4v) is 1.91. The van der Waals surface area contributed by atoms with Crippen molar-refractivity contribution in [2.75, 3.05) is 0 Å². The van der Waals surface area contributed by atoms with Gasteiger partial charge in [-0.05, 0) is 43.5 Å². The van der Waals surface area contributed by atoms with Gasteiger partial charge in [-0.25, -0.2) is 0 Å². The average molecular weight is 281 g/mol. The molecule has 4 heteroatoms. The normalized spacial score (nSPS) is 13.7. The topological polar surface area (TPSA) is 54.4 Å². The highest BCUT2D eigenvalue weighted by molar-refractivity contribution is 6.30. The molecular formula is C15H17ClO3. The molecule has 0 heterocycles. The van der Waals surface area contributed by atoms with Crippen LogP contribution < -0.4 is 0 Å². The van der Waals surface area contributed by atoms with E-state index in [2.05, 4.69) is 6.58 Å². The van der Waals surface area contributed by atoms with E-state index in [9.17, 15) is 14.7 Å². The highest BCUT2D eigenvalue weighted by atomic mass is 35.5. The summed E-state index contributed by atoms with van der Waals surface area (Å²) >= 11 is 5.78. The lowest BCUT2D eigenvalue weighted by Gasteiger charge is -2.21. The van der Waals surface area contributed by atoms with Crippen LogP contribution in [0.3, 0.4) is 0 Å². The minimum Gasteiger partial charge on any atom is -0.388 e. The largest absolute Gasteiger partial charge is 0.388 e. The molecule has 0 aliphatic rings. The zero-order valence-electron chi connectivity index (χ0n) is 11.0. The summed E-state index contributed by atoms with van der Waals surface area (Å²) in [5.74, 6) is -1.02. The zero-order chi connectivity index (χ0) is 14.6. The first kappa shape index (κ1) is 15.6. The second-order valence-corrected chi connectivity index (χ2v) is 5.01. The van der Waals surface area contributed by atoms with Crippen LogP contribution in [0.25, 0.3) is 0 Å². The number of hydrogen-bond acceptors (Lipinski definition) is 3. The van der Waals surface area contributed by atoms with Gasteiger partial charge in [0.25, 0.3) is 0 Å². The van der Waals surface area contributed by atoms with Crippen LogP contribution >= 0.6 is 11.6 Å². The number of halogens is 1. The third kappa shape index (κ3) is 4.30. The summed E-state index contributed by atoms with van der Waals surface area (Å²) < 4.78 is 0. The molecule has 0 spiro atoms. The Bertz CT molecular complexity index is 491. The quantitative estimate of drug-likeness (QED) is 0.815. The number of carbonyl (C=O) groups is 2. The molecule has 1 N–H and O–H groups in total. The predicted molar refractivity (Wildman–Crippen MR) is 75.0 cm³/mol. The van der Waals surface area contributed by atoms with Crippen molar-refractivity contribution >= 4 is 23.2 Å². The van der Waals surface area contributed by atoms with Crippen molar-refractivity contribution in [3.63, 3.8) is 0 Å². The van der Waals surface area contributed by atoms with Crippen molar-refractivity contribution in [1.29, 1.82) is 0 Å². The van der Waals surface area contributed by atoms with Gasteiger partial charge in [0.05, 0.1) is 12.0 Å². The van der Waals surface area contributed by atoms with Crippen molar-refractivity contribution in [1.82, 2.24) is 0 Å². The van der Waals surface area contributed by atoms with E-state index in [0.29, 0.717) is 16.2 Å². The maximum absolute atomic E-state index is 11.6. The summed E-state index contributed by atoms with van der Waals surface area (Å²) in [4.78, 5) is 22.8. The number of rotatable bonds is 6. The first-order valence-corrected chi connectivity index (χ1v) is 6.33.